The van der Waals surface area contributed by atoms with Crippen LogP contribution in [-0.4, -0.2) is 24.5 Å². The zero-order chi connectivity index (χ0) is 15.8. The Hall–Kier alpha value is -1.78. The molecule has 0 aromatic heterocycles. The van der Waals surface area contributed by atoms with Crippen LogP contribution in [0.25, 0.3) is 11.1 Å². The fourth-order valence-electron chi connectivity index (χ4n) is 2.24. The van der Waals surface area contributed by atoms with Crippen molar-refractivity contribution in [2.75, 3.05) is 18.6 Å². The smallest absolute Gasteiger partial charge is 0.248 e. The molecule has 3 N–H and O–H groups in total. The van der Waals surface area contributed by atoms with Crippen LogP contribution in [0.5, 0.6) is 0 Å². The largest absolute Gasteiger partial charge is 0.366 e. The van der Waals surface area contributed by atoms with Crippen LogP contribution in [0.15, 0.2) is 48.5 Å². The summed E-state index contributed by atoms with van der Waals surface area (Å²) in [5, 5.41) is 3.45. The molecule has 2 aromatic rings. The molecular formula is C18H22N2OS. The summed E-state index contributed by atoms with van der Waals surface area (Å²) in [5.74, 6) is 0.801. The van der Waals surface area contributed by atoms with Gasteiger partial charge in [-0.1, -0.05) is 36.4 Å². The van der Waals surface area contributed by atoms with Crippen molar-refractivity contribution in [2.45, 2.75) is 13.0 Å². The molecule has 0 unspecified atom stereocenters. The van der Waals surface area contributed by atoms with E-state index < -0.39 is 5.91 Å². The lowest BCUT2D eigenvalue weighted by molar-refractivity contribution is 0.100. The Morgan fingerprint density at radius 2 is 1.91 bits per heavy atom. The number of hydrogen-bond acceptors (Lipinski definition) is 3. The zero-order valence-electron chi connectivity index (χ0n) is 12.8. The quantitative estimate of drug-likeness (QED) is 0.735. The Balaban J connectivity index is 1.97. The van der Waals surface area contributed by atoms with Gasteiger partial charge in [-0.15, -0.1) is 0 Å². The molecule has 0 heterocycles. The highest BCUT2D eigenvalue weighted by Crippen LogP contribution is 2.21. The Kier molecular flexibility index (Phi) is 6.49. The normalized spacial score (nSPS) is 10.6. The lowest BCUT2D eigenvalue weighted by Gasteiger charge is -2.07. The van der Waals surface area contributed by atoms with Gasteiger partial charge in [0.05, 0.1) is 0 Å². The number of carbonyl (C=O) groups excluding carboxylic acids is 1. The van der Waals surface area contributed by atoms with Gasteiger partial charge in [-0.05, 0) is 53.8 Å². The molecule has 0 bridgehead atoms. The van der Waals surface area contributed by atoms with Gasteiger partial charge in [0, 0.05) is 12.1 Å². The number of primary amides is 1. The Morgan fingerprint density at radius 3 is 2.59 bits per heavy atom. The second-order valence-corrected chi connectivity index (χ2v) is 6.15. The first-order valence-electron chi connectivity index (χ1n) is 7.39. The second-order valence-electron chi connectivity index (χ2n) is 5.17. The lowest BCUT2D eigenvalue weighted by Crippen LogP contribution is -2.15. The van der Waals surface area contributed by atoms with Gasteiger partial charge in [0.1, 0.15) is 0 Å². The van der Waals surface area contributed by atoms with E-state index in [-0.39, 0.29) is 0 Å². The van der Waals surface area contributed by atoms with E-state index in [9.17, 15) is 4.79 Å². The zero-order valence-corrected chi connectivity index (χ0v) is 13.7. The van der Waals surface area contributed by atoms with Crippen molar-refractivity contribution in [3.05, 3.63) is 59.7 Å². The van der Waals surface area contributed by atoms with Gasteiger partial charge < -0.3 is 11.1 Å². The first-order valence-corrected chi connectivity index (χ1v) is 8.79. The average molecular weight is 314 g/mol. The number of nitrogens with one attached hydrogen (secondary N) is 1. The predicted octanol–water partition coefficient (Wildman–Crippen LogP) is 3.30. The molecular weight excluding hydrogens is 292 g/mol. The van der Waals surface area contributed by atoms with Crippen LogP contribution in [0.2, 0.25) is 0 Å². The Morgan fingerprint density at radius 1 is 1.14 bits per heavy atom. The van der Waals surface area contributed by atoms with Crippen molar-refractivity contribution in [2.24, 2.45) is 5.73 Å². The van der Waals surface area contributed by atoms with Crippen molar-refractivity contribution >= 4 is 17.7 Å². The molecule has 0 spiro atoms. The van der Waals surface area contributed by atoms with Crippen molar-refractivity contribution < 1.29 is 4.79 Å². The van der Waals surface area contributed by atoms with Crippen molar-refractivity contribution in [3.63, 3.8) is 0 Å². The Bertz CT molecular complexity index is 611. The van der Waals surface area contributed by atoms with Gasteiger partial charge >= 0.3 is 0 Å². The number of nitrogens with two attached hydrogens (primary N) is 1. The van der Waals surface area contributed by atoms with Gasteiger partial charge in [-0.25, -0.2) is 0 Å². The number of thioether (sulfide) groups is 1. The summed E-state index contributed by atoms with van der Waals surface area (Å²) < 4.78 is 0. The third kappa shape index (κ3) is 4.90. The minimum Gasteiger partial charge on any atom is -0.366 e. The molecule has 4 heteroatoms. The van der Waals surface area contributed by atoms with E-state index in [2.05, 4.69) is 35.8 Å². The van der Waals surface area contributed by atoms with Crippen molar-refractivity contribution in [3.8, 4) is 11.1 Å². The molecule has 0 aliphatic heterocycles. The average Bonchev–Trinajstić information content (AvgIpc) is 2.55. The van der Waals surface area contributed by atoms with E-state index in [0.717, 1.165) is 24.2 Å². The van der Waals surface area contributed by atoms with E-state index >= 15 is 0 Å². The SMILES string of the molecule is CSCCCNCc1ccc(-c2cccc(C(N)=O)c2)cc1. The molecule has 116 valence electrons. The lowest BCUT2D eigenvalue weighted by atomic mass is 10.0. The first kappa shape index (κ1) is 16.6. The highest BCUT2D eigenvalue weighted by Gasteiger charge is 2.03. The molecule has 2 rings (SSSR count). The molecule has 1 amide bonds. The number of carbonyl (C=O) groups is 1. The summed E-state index contributed by atoms with van der Waals surface area (Å²) in [4.78, 5) is 11.2. The van der Waals surface area contributed by atoms with Gasteiger partial charge in [-0.3, -0.25) is 4.79 Å². The highest BCUT2D eigenvalue weighted by molar-refractivity contribution is 7.98. The maximum atomic E-state index is 11.2. The molecule has 0 aliphatic rings. The minimum atomic E-state index is -0.395. The van der Waals surface area contributed by atoms with E-state index in [0.29, 0.717) is 5.56 Å². The number of amides is 1. The number of rotatable bonds is 8. The van der Waals surface area contributed by atoms with Crippen LogP contribution in [0, 0.1) is 0 Å². The summed E-state index contributed by atoms with van der Waals surface area (Å²) in [6.07, 6.45) is 3.32. The summed E-state index contributed by atoms with van der Waals surface area (Å²) in [6.45, 7) is 1.93. The minimum absolute atomic E-state index is 0.395. The monoisotopic (exact) mass is 314 g/mol. The van der Waals surface area contributed by atoms with Crippen LogP contribution in [0.1, 0.15) is 22.3 Å². The van der Waals surface area contributed by atoms with E-state index in [1.165, 1.54) is 17.7 Å². The number of hydrogen-bond donors (Lipinski definition) is 2. The van der Waals surface area contributed by atoms with Crippen LogP contribution >= 0.6 is 11.8 Å². The maximum absolute atomic E-state index is 11.2. The van der Waals surface area contributed by atoms with E-state index in [1.54, 1.807) is 6.07 Å². The van der Waals surface area contributed by atoms with Crippen molar-refractivity contribution in [1.82, 2.24) is 5.32 Å². The summed E-state index contributed by atoms with van der Waals surface area (Å²) >= 11 is 1.88. The molecule has 22 heavy (non-hydrogen) atoms. The van der Waals surface area contributed by atoms with E-state index in [1.807, 2.05) is 30.0 Å². The van der Waals surface area contributed by atoms with Gasteiger partial charge in [0.2, 0.25) is 5.91 Å². The Labute approximate surface area is 136 Å². The summed E-state index contributed by atoms with van der Waals surface area (Å²) in [6, 6.07) is 15.8. The maximum Gasteiger partial charge on any atom is 0.248 e. The van der Waals surface area contributed by atoms with Crippen LogP contribution in [0.4, 0.5) is 0 Å². The topological polar surface area (TPSA) is 55.1 Å². The highest BCUT2D eigenvalue weighted by atomic mass is 32.2. The summed E-state index contributed by atoms with van der Waals surface area (Å²) in [5.41, 5.74) is 9.23. The van der Waals surface area contributed by atoms with Crippen LogP contribution in [0.3, 0.4) is 0 Å². The van der Waals surface area contributed by atoms with Crippen LogP contribution < -0.4 is 11.1 Å². The van der Waals surface area contributed by atoms with Gasteiger partial charge in [-0.2, -0.15) is 11.8 Å². The fourth-order valence-corrected chi connectivity index (χ4v) is 2.67. The molecule has 2 aromatic carbocycles. The fraction of sp³-hybridized carbons (Fsp3) is 0.278. The third-order valence-corrected chi connectivity index (χ3v) is 4.16. The molecule has 0 atom stereocenters. The number of benzene rings is 2. The van der Waals surface area contributed by atoms with E-state index in [4.69, 9.17) is 5.73 Å². The predicted molar refractivity (Wildman–Crippen MR) is 95.1 cm³/mol. The summed E-state index contributed by atoms with van der Waals surface area (Å²) in [7, 11) is 0. The molecule has 0 saturated heterocycles. The first-order chi connectivity index (χ1) is 10.7. The van der Waals surface area contributed by atoms with Crippen LogP contribution in [-0.2, 0) is 6.54 Å². The molecule has 0 aliphatic carbocycles. The standard InChI is InChI=1S/C18H22N2OS/c1-22-11-3-10-20-13-14-6-8-15(9-7-14)16-4-2-5-17(12-16)18(19)21/h2,4-9,12,20H,3,10-11,13H2,1H3,(H2,19,21). The van der Waals surface area contributed by atoms with Crippen molar-refractivity contribution in [1.29, 1.82) is 0 Å². The third-order valence-electron chi connectivity index (χ3n) is 3.47. The molecule has 0 fully saturated rings. The van der Waals surface area contributed by atoms with Gasteiger partial charge in [0.15, 0.2) is 0 Å². The molecule has 0 radical (unpaired) electrons. The molecule has 3 nitrogen and oxygen atoms in total. The van der Waals surface area contributed by atoms with Gasteiger partial charge in [0.25, 0.3) is 0 Å². The molecule has 0 saturated carbocycles. The second kappa shape index (κ2) is 8.61.